The van der Waals surface area contributed by atoms with Gasteiger partial charge in [0, 0.05) is 35.9 Å². The number of amides is 1. The number of Topliss-reactive ketones (excluding diaryl/α,β-unsaturated/α-hetero) is 1. The summed E-state index contributed by atoms with van der Waals surface area (Å²) in [5.41, 5.74) is 1.58. The number of nitrogens with zero attached hydrogens (tertiary/aromatic N) is 1. The number of aromatic nitrogens is 1. The summed E-state index contributed by atoms with van der Waals surface area (Å²) < 4.78 is 10.8. The van der Waals surface area contributed by atoms with E-state index in [4.69, 9.17) is 9.47 Å². The van der Waals surface area contributed by atoms with Crippen LogP contribution in [0, 0.1) is 0 Å². The van der Waals surface area contributed by atoms with E-state index in [0.717, 1.165) is 24.8 Å². The van der Waals surface area contributed by atoms with E-state index in [9.17, 15) is 14.4 Å². The summed E-state index contributed by atoms with van der Waals surface area (Å²) in [5.74, 6) is 0.939. The van der Waals surface area contributed by atoms with Crippen molar-refractivity contribution in [3.63, 3.8) is 0 Å². The van der Waals surface area contributed by atoms with Gasteiger partial charge in [-0.3, -0.25) is 14.4 Å². The quantitative estimate of drug-likeness (QED) is 0.858. The molecule has 2 heterocycles. The maximum atomic E-state index is 13.3. The number of fused-ring (bicyclic) bond motifs is 1. The molecule has 4 rings (SSSR count). The maximum absolute atomic E-state index is 13.3. The molecule has 1 N–H and O–H groups in total. The van der Waals surface area contributed by atoms with E-state index in [1.54, 1.807) is 25.2 Å². The summed E-state index contributed by atoms with van der Waals surface area (Å²) in [6.07, 6.45) is 3.42. The number of carbonyl (C=O) groups is 2. The van der Waals surface area contributed by atoms with Gasteiger partial charge in [-0.25, -0.2) is 0 Å². The molecule has 1 fully saturated rings. The van der Waals surface area contributed by atoms with Crippen LogP contribution in [-0.2, 0) is 6.42 Å². The zero-order valence-electron chi connectivity index (χ0n) is 16.6. The third kappa shape index (κ3) is 3.41. The number of pyridine rings is 1. The molecule has 7 nitrogen and oxygen atoms in total. The number of hydrogen-bond acceptors (Lipinski definition) is 5. The van der Waals surface area contributed by atoms with Crippen LogP contribution in [0.2, 0.25) is 0 Å². The molecule has 0 bridgehead atoms. The number of aromatic amines is 1. The van der Waals surface area contributed by atoms with Crippen molar-refractivity contribution < 1.29 is 19.1 Å². The number of carbonyl (C=O) groups excluding carboxylic acids is 2. The second-order valence-electron chi connectivity index (χ2n) is 7.45. The van der Waals surface area contributed by atoms with Crippen LogP contribution in [0.25, 0.3) is 0 Å². The Labute approximate surface area is 168 Å². The molecule has 2 aromatic rings. The molecule has 1 amide bonds. The molecule has 29 heavy (non-hydrogen) atoms. The second-order valence-corrected chi connectivity index (χ2v) is 7.45. The molecule has 1 aromatic carbocycles. The second kappa shape index (κ2) is 7.73. The minimum atomic E-state index is -0.434. The highest BCUT2D eigenvalue weighted by Gasteiger charge is 2.34. The molecule has 1 aliphatic carbocycles. The van der Waals surface area contributed by atoms with E-state index in [2.05, 4.69) is 4.98 Å². The lowest BCUT2D eigenvalue weighted by Crippen LogP contribution is -2.35. The molecule has 1 aliphatic heterocycles. The Morgan fingerprint density at radius 2 is 1.93 bits per heavy atom. The topological polar surface area (TPSA) is 88.7 Å². The molecule has 0 spiro atoms. The van der Waals surface area contributed by atoms with Crippen molar-refractivity contribution in [2.75, 3.05) is 20.8 Å². The van der Waals surface area contributed by atoms with Gasteiger partial charge in [0.25, 0.3) is 11.5 Å². The lowest BCUT2D eigenvalue weighted by Gasteiger charge is -2.27. The lowest BCUT2D eigenvalue weighted by molar-refractivity contribution is 0.0732. The van der Waals surface area contributed by atoms with Gasteiger partial charge in [0.1, 0.15) is 17.1 Å². The number of benzene rings is 1. The fraction of sp³-hybridized carbons (Fsp3) is 0.409. The van der Waals surface area contributed by atoms with Crippen LogP contribution < -0.4 is 15.0 Å². The Kier molecular flexibility index (Phi) is 5.13. The molecule has 1 aromatic heterocycles. The highest BCUT2D eigenvalue weighted by atomic mass is 16.5. The number of ketones is 1. The van der Waals surface area contributed by atoms with Gasteiger partial charge in [0.2, 0.25) is 0 Å². The molecule has 0 radical (unpaired) electrons. The Morgan fingerprint density at radius 1 is 1.10 bits per heavy atom. The van der Waals surface area contributed by atoms with Crippen molar-refractivity contribution in [2.24, 2.45) is 0 Å². The Bertz CT molecular complexity index is 1030. The molecule has 7 heteroatoms. The molecule has 1 atom stereocenters. The molecule has 152 valence electrons. The monoisotopic (exact) mass is 396 g/mol. The van der Waals surface area contributed by atoms with E-state index in [-0.39, 0.29) is 23.3 Å². The molecule has 1 saturated heterocycles. The number of aryl methyl sites for hydroxylation is 1. The van der Waals surface area contributed by atoms with Gasteiger partial charge in [-0.05, 0) is 43.9 Å². The van der Waals surface area contributed by atoms with Gasteiger partial charge in [-0.2, -0.15) is 0 Å². The van der Waals surface area contributed by atoms with Gasteiger partial charge in [0.15, 0.2) is 5.78 Å². The Balaban J connectivity index is 1.70. The summed E-state index contributed by atoms with van der Waals surface area (Å²) in [5, 5.41) is 0. The first kappa shape index (κ1) is 19.2. The van der Waals surface area contributed by atoms with E-state index < -0.39 is 5.56 Å². The smallest absolute Gasteiger partial charge is 0.261 e. The van der Waals surface area contributed by atoms with E-state index in [0.29, 0.717) is 42.1 Å². The first-order valence-electron chi connectivity index (χ1n) is 9.85. The largest absolute Gasteiger partial charge is 0.497 e. The highest BCUT2D eigenvalue weighted by Crippen LogP contribution is 2.39. The number of methoxy groups -OCH3 is 2. The van der Waals surface area contributed by atoms with Crippen LogP contribution in [-0.4, -0.2) is 42.3 Å². The van der Waals surface area contributed by atoms with Gasteiger partial charge >= 0.3 is 0 Å². The number of hydrogen-bond donors (Lipinski definition) is 1. The lowest BCUT2D eigenvalue weighted by atomic mass is 9.93. The molecular formula is C22H24N2O5. The fourth-order valence-corrected chi connectivity index (χ4v) is 4.32. The Morgan fingerprint density at radius 3 is 2.69 bits per heavy atom. The van der Waals surface area contributed by atoms with Gasteiger partial charge < -0.3 is 19.4 Å². The third-order valence-electron chi connectivity index (χ3n) is 5.80. The average Bonchev–Trinajstić information content (AvgIpc) is 3.22. The zero-order valence-corrected chi connectivity index (χ0v) is 16.6. The molecule has 0 unspecified atom stereocenters. The number of rotatable bonds is 4. The van der Waals surface area contributed by atoms with Crippen molar-refractivity contribution in [3.8, 4) is 11.5 Å². The maximum Gasteiger partial charge on any atom is 0.261 e. The van der Waals surface area contributed by atoms with Crippen molar-refractivity contribution in [1.29, 1.82) is 0 Å². The van der Waals surface area contributed by atoms with Crippen LogP contribution >= 0.6 is 0 Å². The predicted molar refractivity (Wildman–Crippen MR) is 107 cm³/mol. The third-order valence-corrected chi connectivity index (χ3v) is 5.80. The highest BCUT2D eigenvalue weighted by molar-refractivity contribution is 6.01. The number of nitrogens with one attached hydrogen (secondary N) is 1. The minimum absolute atomic E-state index is 0.0219. The zero-order chi connectivity index (χ0) is 20.5. The fourth-order valence-electron chi connectivity index (χ4n) is 4.32. The van der Waals surface area contributed by atoms with E-state index in [1.165, 1.54) is 6.07 Å². The molecule has 2 aliphatic rings. The first-order chi connectivity index (χ1) is 14.0. The molecular weight excluding hydrogens is 372 g/mol. The van der Waals surface area contributed by atoms with Crippen LogP contribution in [0.4, 0.5) is 0 Å². The summed E-state index contributed by atoms with van der Waals surface area (Å²) >= 11 is 0. The summed E-state index contributed by atoms with van der Waals surface area (Å²) in [4.78, 5) is 42.6. The SMILES string of the molecule is COc1ccc([C@H]2CCCN2C(=O)c2cc3c([nH]c2=O)CCCC3=O)c(OC)c1. The van der Waals surface area contributed by atoms with Crippen molar-refractivity contribution in [2.45, 2.75) is 38.1 Å². The van der Waals surface area contributed by atoms with E-state index >= 15 is 0 Å². The van der Waals surface area contributed by atoms with Crippen LogP contribution in [0.1, 0.15) is 63.7 Å². The van der Waals surface area contributed by atoms with Crippen molar-refractivity contribution in [3.05, 3.63) is 57.0 Å². The first-order valence-corrected chi connectivity index (χ1v) is 9.85. The summed E-state index contributed by atoms with van der Waals surface area (Å²) in [6.45, 7) is 0.545. The minimum Gasteiger partial charge on any atom is -0.497 e. The summed E-state index contributed by atoms with van der Waals surface area (Å²) in [7, 11) is 3.17. The number of ether oxygens (including phenoxy) is 2. The predicted octanol–water partition coefficient (Wildman–Crippen LogP) is 2.89. The van der Waals surface area contributed by atoms with Gasteiger partial charge in [0.05, 0.1) is 20.3 Å². The van der Waals surface area contributed by atoms with Crippen molar-refractivity contribution >= 4 is 11.7 Å². The number of likely N-dealkylation sites (tertiary alicyclic amines) is 1. The standard InChI is InChI=1S/C22H24N2O5/c1-28-13-8-9-14(20(11-13)29-2)18-6-4-10-24(18)22(27)16-12-15-17(23-21(16)26)5-3-7-19(15)25/h8-9,11-12,18H,3-7,10H2,1-2H3,(H,23,26)/t18-/m1/s1. The number of H-pyrrole nitrogens is 1. The van der Waals surface area contributed by atoms with Crippen LogP contribution in [0.3, 0.4) is 0 Å². The summed E-state index contributed by atoms with van der Waals surface area (Å²) in [6, 6.07) is 6.81. The normalized spacial score (nSPS) is 18.5. The average molecular weight is 396 g/mol. The van der Waals surface area contributed by atoms with Crippen LogP contribution in [0.15, 0.2) is 29.1 Å². The van der Waals surface area contributed by atoms with E-state index in [1.807, 2.05) is 12.1 Å². The Hall–Kier alpha value is -3.09. The van der Waals surface area contributed by atoms with Gasteiger partial charge in [-0.15, -0.1) is 0 Å². The van der Waals surface area contributed by atoms with Gasteiger partial charge in [-0.1, -0.05) is 0 Å². The molecule has 0 saturated carbocycles. The van der Waals surface area contributed by atoms with Crippen LogP contribution in [0.5, 0.6) is 11.5 Å². The van der Waals surface area contributed by atoms with Crippen molar-refractivity contribution in [1.82, 2.24) is 9.88 Å².